The van der Waals surface area contributed by atoms with Gasteiger partial charge in [-0.15, -0.1) is 11.3 Å². The average Bonchev–Trinajstić information content (AvgIpc) is 3.20. The average molecular weight is 348 g/mol. The molecule has 0 bridgehead atoms. The Balaban J connectivity index is 2.36. The van der Waals surface area contributed by atoms with Gasteiger partial charge in [0.15, 0.2) is 0 Å². The Hall–Kier alpha value is -2.08. The van der Waals surface area contributed by atoms with Crippen molar-refractivity contribution in [1.82, 2.24) is 9.47 Å². The molecule has 24 heavy (non-hydrogen) atoms. The zero-order valence-corrected chi connectivity index (χ0v) is 15.6. The van der Waals surface area contributed by atoms with E-state index < -0.39 is 0 Å². The minimum absolute atomic E-state index is 0.0428. The summed E-state index contributed by atoms with van der Waals surface area (Å²) in [6, 6.07) is 3.88. The van der Waals surface area contributed by atoms with Crippen LogP contribution in [0.2, 0.25) is 0 Å². The van der Waals surface area contributed by atoms with E-state index in [2.05, 4.69) is 0 Å². The molecule has 5 nitrogen and oxygen atoms in total. The van der Waals surface area contributed by atoms with Gasteiger partial charge in [0.05, 0.1) is 18.6 Å². The molecule has 0 aliphatic carbocycles. The molecule has 2 rings (SSSR count). The van der Waals surface area contributed by atoms with Crippen LogP contribution in [0.4, 0.5) is 0 Å². The maximum Gasteiger partial charge on any atom is 0.310 e. The van der Waals surface area contributed by atoms with Crippen molar-refractivity contribution < 1.29 is 14.3 Å². The van der Waals surface area contributed by atoms with Crippen LogP contribution in [-0.2, 0) is 9.53 Å². The van der Waals surface area contributed by atoms with Gasteiger partial charge in [0.2, 0.25) is 0 Å². The van der Waals surface area contributed by atoms with Crippen LogP contribution in [0.15, 0.2) is 24.5 Å². The van der Waals surface area contributed by atoms with Gasteiger partial charge in [0, 0.05) is 30.4 Å². The molecule has 0 aliphatic heterocycles. The van der Waals surface area contributed by atoms with Gasteiger partial charge >= 0.3 is 5.97 Å². The summed E-state index contributed by atoms with van der Waals surface area (Å²) in [5.41, 5.74) is 1.71. The molecule has 2 aromatic heterocycles. The first-order valence-corrected chi connectivity index (χ1v) is 8.82. The van der Waals surface area contributed by atoms with E-state index in [0.29, 0.717) is 18.7 Å². The highest BCUT2D eigenvalue weighted by Crippen LogP contribution is 2.32. The van der Waals surface area contributed by atoms with Crippen molar-refractivity contribution in [3.63, 3.8) is 0 Å². The van der Waals surface area contributed by atoms with Gasteiger partial charge in [0.25, 0.3) is 5.91 Å². The molecule has 0 aromatic carbocycles. The second-order valence-corrected chi connectivity index (χ2v) is 7.02. The summed E-state index contributed by atoms with van der Waals surface area (Å²) in [6.45, 7) is 8.59. The number of hydrogen-bond acceptors (Lipinski definition) is 4. The normalized spacial score (nSPS) is 12.0. The summed E-state index contributed by atoms with van der Waals surface area (Å²) in [6.07, 6.45) is 3.88. The fourth-order valence-electron chi connectivity index (χ4n) is 2.63. The van der Waals surface area contributed by atoms with Crippen molar-refractivity contribution >= 4 is 23.2 Å². The molecule has 1 atom stereocenters. The Morgan fingerprint density at radius 2 is 1.92 bits per heavy atom. The minimum atomic E-state index is -0.353. The molecule has 0 radical (unpaired) electrons. The molecule has 1 unspecified atom stereocenters. The number of carbonyl (C=O) groups excluding carboxylic acids is 2. The van der Waals surface area contributed by atoms with Gasteiger partial charge in [0.1, 0.15) is 5.00 Å². The lowest BCUT2D eigenvalue weighted by Gasteiger charge is -2.24. The third-order valence-electron chi connectivity index (χ3n) is 4.19. The number of methoxy groups -OCH3 is 1. The number of thiophene rings is 1. The fourth-order valence-corrected chi connectivity index (χ4v) is 3.75. The first-order valence-electron chi connectivity index (χ1n) is 8.01. The Morgan fingerprint density at radius 1 is 1.29 bits per heavy atom. The van der Waals surface area contributed by atoms with Gasteiger partial charge in [-0.25, -0.2) is 0 Å². The number of ether oxygens (including phenoxy) is 1. The molecule has 130 valence electrons. The highest BCUT2D eigenvalue weighted by Gasteiger charge is 2.27. The number of aromatic nitrogens is 1. The Bertz CT molecular complexity index is 719. The van der Waals surface area contributed by atoms with Crippen molar-refractivity contribution in [2.75, 3.05) is 20.2 Å². The highest BCUT2D eigenvalue weighted by atomic mass is 32.1. The van der Waals surface area contributed by atoms with E-state index in [1.807, 2.05) is 49.9 Å². The van der Waals surface area contributed by atoms with Gasteiger partial charge in [-0.3, -0.25) is 9.59 Å². The quantitative estimate of drug-likeness (QED) is 0.752. The molecule has 2 aromatic rings. The van der Waals surface area contributed by atoms with Crippen LogP contribution in [0.1, 0.15) is 34.6 Å². The van der Waals surface area contributed by atoms with Crippen LogP contribution in [0.3, 0.4) is 0 Å². The summed E-state index contributed by atoms with van der Waals surface area (Å²) < 4.78 is 6.74. The molecule has 0 spiro atoms. The summed E-state index contributed by atoms with van der Waals surface area (Å²) >= 11 is 1.61. The Labute approximate surface area is 146 Å². The van der Waals surface area contributed by atoms with Gasteiger partial charge in [-0.1, -0.05) is 6.92 Å². The van der Waals surface area contributed by atoms with Gasteiger partial charge < -0.3 is 14.2 Å². The molecular formula is C18H24N2O3S. The lowest BCUT2D eigenvalue weighted by molar-refractivity contribution is -0.145. The molecular weight excluding hydrogens is 324 g/mol. The van der Waals surface area contributed by atoms with Crippen LogP contribution in [0, 0.1) is 19.8 Å². The number of hydrogen-bond donors (Lipinski definition) is 0. The standard InChI is InChI=1S/C18H24N2O3S/c1-6-19(11-12(2)18(22)23-5)16(21)15-13(3)14(4)24-17(15)20-9-7-8-10-20/h7-10,12H,6,11H2,1-5H3. The Kier molecular flexibility index (Phi) is 5.83. The van der Waals surface area contributed by atoms with E-state index in [-0.39, 0.29) is 17.8 Å². The molecule has 6 heteroatoms. The predicted molar refractivity (Wildman–Crippen MR) is 95.9 cm³/mol. The first kappa shape index (κ1) is 18.3. The Morgan fingerprint density at radius 3 is 2.46 bits per heavy atom. The maximum atomic E-state index is 13.1. The lowest BCUT2D eigenvalue weighted by Crippen LogP contribution is -2.37. The molecule has 0 saturated carbocycles. The molecule has 0 fully saturated rings. The smallest absolute Gasteiger partial charge is 0.310 e. The van der Waals surface area contributed by atoms with Crippen molar-refractivity contribution in [2.24, 2.45) is 5.92 Å². The molecule has 0 saturated heterocycles. The van der Waals surface area contributed by atoms with Crippen LogP contribution < -0.4 is 0 Å². The summed E-state index contributed by atoms with van der Waals surface area (Å²) in [5, 5.41) is 0.921. The van der Waals surface area contributed by atoms with E-state index in [9.17, 15) is 9.59 Å². The van der Waals surface area contributed by atoms with Crippen molar-refractivity contribution in [3.05, 3.63) is 40.5 Å². The van der Waals surface area contributed by atoms with E-state index in [1.165, 1.54) is 7.11 Å². The van der Waals surface area contributed by atoms with Gasteiger partial charge in [-0.2, -0.15) is 0 Å². The third kappa shape index (κ3) is 3.53. The third-order valence-corrected chi connectivity index (χ3v) is 5.41. The summed E-state index contributed by atoms with van der Waals surface area (Å²) in [7, 11) is 1.37. The van der Waals surface area contributed by atoms with Crippen molar-refractivity contribution in [1.29, 1.82) is 0 Å². The minimum Gasteiger partial charge on any atom is -0.469 e. The largest absolute Gasteiger partial charge is 0.469 e. The van der Waals surface area contributed by atoms with Crippen LogP contribution in [-0.4, -0.2) is 41.5 Å². The SMILES string of the molecule is CCN(CC(C)C(=O)OC)C(=O)c1c(-n2cccc2)sc(C)c1C. The number of nitrogens with zero attached hydrogens (tertiary/aromatic N) is 2. The number of carbonyl (C=O) groups is 2. The van der Waals surface area contributed by atoms with Gasteiger partial charge in [-0.05, 0) is 38.5 Å². The molecule has 0 N–H and O–H groups in total. The number of rotatable bonds is 6. The summed E-state index contributed by atoms with van der Waals surface area (Å²) in [4.78, 5) is 27.7. The van der Waals surface area contributed by atoms with Crippen molar-refractivity contribution in [2.45, 2.75) is 27.7 Å². The van der Waals surface area contributed by atoms with E-state index in [0.717, 1.165) is 15.4 Å². The van der Waals surface area contributed by atoms with E-state index >= 15 is 0 Å². The predicted octanol–water partition coefficient (Wildman–Crippen LogP) is 3.43. The molecule has 1 amide bonds. The number of aryl methyl sites for hydroxylation is 1. The van der Waals surface area contributed by atoms with Crippen LogP contribution in [0.25, 0.3) is 5.00 Å². The topological polar surface area (TPSA) is 51.5 Å². The molecule has 0 aliphatic rings. The maximum absolute atomic E-state index is 13.1. The number of amides is 1. The van der Waals surface area contributed by atoms with Crippen LogP contribution in [0.5, 0.6) is 0 Å². The first-order chi connectivity index (χ1) is 11.4. The fraction of sp³-hybridized carbons (Fsp3) is 0.444. The van der Waals surface area contributed by atoms with E-state index in [1.54, 1.807) is 23.2 Å². The van der Waals surface area contributed by atoms with Crippen LogP contribution >= 0.6 is 11.3 Å². The second kappa shape index (κ2) is 7.66. The van der Waals surface area contributed by atoms with Crippen molar-refractivity contribution in [3.8, 4) is 5.00 Å². The molecule has 2 heterocycles. The lowest BCUT2D eigenvalue weighted by atomic mass is 10.1. The zero-order valence-electron chi connectivity index (χ0n) is 14.8. The highest BCUT2D eigenvalue weighted by molar-refractivity contribution is 7.15. The second-order valence-electron chi connectivity index (χ2n) is 5.82. The van der Waals surface area contributed by atoms with E-state index in [4.69, 9.17) is 4.74 Å². The number of esters is 1. The zero-order chi connectivity index (χ0) is 17.9. The monoisotopic (exact) mass is 348 g/mol. The summed E-state index contributed by atoms with van der Waals surface area (Å²) in [5.74, 6) is -0.696.